The Kier molecular flexibility index (Phi) is 9.18. The minimum absolute atomic E-state index is 0.896. The van der Waals surface area contributed by atoms with E-state index in [0.717, 1.165) is 25.6 Å². The van der Waals surface area contributed by atoms with Gasteiger partial charge in [0.15, 0.2) is 0 Å². The fraction of sp³-hybridized carbons (Fsp3) is 0.0435. The van der Waals surface area contributed by atoms with Gasteiger partial charge in [0, 0.05) is 44.3 Å². The first-order valence-electron chi connectivity index (χ1n) is 8.17. The smallest absolute Gasteiger partial charge is 0.123 e. The zero-order valence-electron chi connectivity index (χ0n) is 15.2. The van der Waals surface area contributed by atoms with E-state index in [2.05, 4.69) is 56.3 Å². The number of halogens is 1. The molecule has 0 atom stereocenters. The Balaban J connectivity index is 0.000000176. The average molecular weight is 465 g/mol. The summed E-state index contributed by atoms with van der Waals surface area (Å²) in [5.41, 5.74) is 3.15. The molecule has 138 valence electrons. The van der Waals surface area contributed by atoms with Crippen LogP contribution in [0.5, 0.6) is 0 Å². The first-order valence-corrected chi connectivity index (χ1v) is 10.7. The van der Waals surface area contributed by atoms with Crippen molar-refractivity contribution in [2.75, 3.05) is 0 Å². The summed E-state index contributed by atoms with van der Waals surface area (Å²) in [5.74, 6) is 4.86. The molecule has 2 aromatic carbocycles. The first-order chi connectivity index (χ1) is 13.7. The topological polar surface area (TPSA) is 25.8 Å². The molecule has 4 aromatic rings. The number of rotatable bonds is 2. The SMILES string of the molecule is Brc1cccc(-c2nccs2)c1.C#CC.C#Cc1cccc(-c2nccs2)c1. The number of aromatic nitrogens is 2. The standard InChI is InChI=1S/C11H7NS.C9H6BrNS.C3H4/c1-2-9-4-3-5-10(8-9)11-12-6-7-13-11;10-8-3-1-2-7(6-8)9-11-4-5-12-9;1-3-2/h1,3-8H;1-6H;1H,2H3. The molecule has 0 bridgehead atoms. The molecule has 2 heterocycles. The molecule has 0 unspecified atom stereocenters. The quantitative estimate of drug-likeness (QED) is 0.298. The highest BCUT2D eigenvalue weighted by Crippen LogP contribution is 2.24. The first kappa shape index (κ1) is 21.6. The van der Waals surface area contributed by atoms with Crippen LogP contribution in [0.1, 0.15) is 12.5 Å². The van der Waals surface area contributed by atoms with Crippen molar-refractivity contribution >= 4 is 38.6 Å². The third kappa shape index (κ3) is 6.79. The van der Waals surface area contributed by atoms with Gasteiger partial charge in [-0.3, -0.25) is 0 Å². The van der Waals surface area contributed by atoms with E-state index in [4.69, 9.17) is 6.42 Å². The lowest BCUT2D eigenvalue weighted by Crippen LogP contribution is -1.77. The summed E-state index contributed by atoms with van der Waals surface area (Å²) in [4.78, 5) is 8.44. The molecule has 2 aromatic heterocycles. The Morgan fingerprint density at radius 2 is 1.39 bits per heavy atom. The van der Waals surface area contributed by atoms with Crippen molar-refractivity contribution in [3.8, 4) is 45.8 Å². The minimum Gasteiger partial charge on any atom is -0.245 e. The van der Waals surface area contributed by atoms with E-state index in [0.29, 0.717) is 0 Å². The Bertz CT molecular complexity index is 1060. The second-order valence-electron chi connectivity index (χ2n) is 5.20. The number of terminal acetylenes is 2. The van der Waals surface area contributed by atoms with E-state index in [1.807, 2.05) is 53.4 Å². The van der Waals surface area contributed by atoms with Crippen LogP contribution < -0.4 is 0 Å². The maximum absolute atomic E-state index is 5.31. The predicted molar refractivity (Wildman–Crippen MR) is 125 cm³/mol. The van der Waals surface area contributed by atoms with Gasteiger partial charge < -0.3 is 0 Å². The molecule has 0 saturated heterocycles. The number of hydrogen-bond acceptors (Lipinski definition) is 4. The van der Waals surface area contributed by atoms with Crippen LogP contribution in [0.4, 0.5) is 0 Å². The third-order valence-electron chi connectivity index (χ3n) is 3.21. The van der Waals surface area contributed by atoms with Gasteiger partial charge in [0.25, 0.3) is 0 Å². The molecule has 0 spiro atoms. The van der Waals surface area contributed by atoms with Gasteiger partial charge >= 0.3 is 0 Å². The molecule has 4 rings (SSSR count). The predicted octanol–water partition coefficient (Wildman–Crippen LogP) is 7.00. The van der Waals surface area contributed by atoms with Gasteiger partial charge in [-0.05, 0) is 31.2 Å². The Labute approximate surface area is 182 Å². The number of nitrogens with zero attached hydrogens (tertiary/aromatic N) is 2. The van der Waals surface area contributed by atoms with Crippen LogP contribution in [0.3, 0.4) is 0 Å². The van der Waals surface area contributed by atoms with Crippen LogP contribution in [0.2, 0.25) is 0 Å². The molecule has 2 nitrogen and oxygen atoms in total. The fourth-order valence-corrected chi connectivity index (χ4v) is 3.77. The monoisotopic (exact) mass is 464 g/mol. The van der Waals surface area contributed by atoms with Crippen LogP contribution in [-0.2, 0) is 0 Å². The van der Waals surface area contributed by atoms with Gasteiger partial charge in [-0.1, -0.05) is 46.1 Å². The second kappa shape index (κ2) is 11.9. The van der Waals surface area contributed by atoms with Crippen molar-refractivity contribution in [3.05, 3.63) is 81.7 Å². The molecule has 28 heavy (non-hydrogen) atoms. The lowest BCUT2D eigenvalue weighted by molar-refractivity contribution is 1.41. The molecule has 0 amide bonds. The molecule has 0 radical (unpaired) electrons. The van der Waals surface area contributed by atoms with E-state index >= 15 is 0 Å². The van der Waals surface area contributed by atoms with E-state index in [1.165, 1.54) is 5.56 Å². The summed E-state index contributed by atoms with van der Waals surface area (Å²) >= 11 is 6.69. The maximum atomic E-state index is 5.31. The molecule has 0 aliphatic carbocycles. The largest absolute Gasteiger partial charge is 0.245 e. The molecule has 0 N–H and O–H groups in total. The Morgan fingerprint density at radius 1 is 0.857 bits per heavy atom. The molecular formula is C23H17BrN2S2. The van der Waals surface area contributed by atoms with Crippen molar-refractivity contribution < 1.29 is 0 Å². The van der Waals surface area contributed by atoms with Crippen LogP contribution >= 0.6 is 38.6 Å². The second-order valence-corrected chi connectivity index (χ2v) is 7.90. The highest BCUT2D eigenvalue weighted by molar-refractivity contribution is 9.10. The van der Waals surface area contributed by atoms with Gasteiger partial charge in [-0.2, -0.15) is 0 Å². The van der Waals surface area contributed by atoms with Crippen LogP contribution in [-0.4, -0.2) is 9.97 Å². The lowest BCUT2D eigenvalue weighted by atomic mass is 10.1. The summed E-state index contributed by atoms with van der Waals surface area (Å²) in [6.45, 7) is 1.65. The highest BCUT2D eigenvalue weighted by Gasteiger charge is 2.00. The summed E-state index contributed by atoms with van der Waals surface area (Å²) in [7, 11) is 0. The summed E-state index contributed by atoms with van der Waals surface area (Å²) in [6.07, 6.45) is 13.5. The fourth-order valence-electron chi connectivity index (χ4n) is 2.10. The van der Waals surface area contributed by atoms with Gasteiger partial charge in [0.05, 0.1) is 0 Å². The average Bonchev–Trinajstić information content (AvgIpc) is 3.43. The van der Waals surface area contributed by atoms with Crippen molar-refractivity contribution in [1.29, 1.82) is 0 Å². The third-order valence-corrected chi connectivity index (χ3v) is 5.35. The van der Waals surface area contributed by atoms with Crippen molar-refractivity contribution in [2.45, 2.75) is 6.92 Å². The summed E-state index contributed by atoms with van der Waals surface area (Å²) < 4.78 is 1.09. The van der Waals surface area contributed by atoms with Crippen LogP contribution in [0.25, 0.3) is 21.1 Å². The Hall–Kier alpha value is -2.70. The van der Waals surface area contributed by atoms with Crippen LogP contribution in [0, 0.1) is 24.7 Å². The van der Waals surface area contributed by atoms with E-state index in [-0.39, 0.29) is 0 Å². The lowest BCUT2D eigenvalue weighted by Gasteiger charge is -1.95. The van der Waals surface area contributed by atoms with Gasteiger partial charge in [-0.25, -0.2) is 9.97 Å². The zero-order chi connectivity index (χ0) is 20.2. The van der Waals surface area contributed by atoms with Crippen LogP contribution in [0.15, 0.2) is 76.2 Å². The normalized spacial score (nSPS) is 9.00. The van der Waals surface area contributed by atoms with Gasteiger partial charge in [-0.15, -0.1) is 41.4 Å². The number of hydrogen-bond donors (Lipinski definition) is 0. The minimum atomic E-state index is 0.896. The maximum Gasteiger partial charge on any atom is 0.123 e. The van der Waals surface area contributed by atoms with Gasteiger partial charge in [0.1, 0.15) is 10.0 Å². The van der Waals surface area contributed by atoms with Crippen molar-refractivity contribution in [3.63, 3.8) is 0 Å². The van der Waals surface area contributed by atoms with Crippen molar-refractivity contribution in [1.82, 2.24) is 9.97 Å². The summed E-state index contributed by atoms with van der Waals surface area (Å²) in [5, 5.41) is 6.02. The van der Waals surface area contributed by atoms with E-state index < -0.39 is 0 Å². The number of thiazole rings is 2. The summed E-state index contributed by atoms with van der Waals surface area (Å²) in [6, 6.07) is 16.0. The zero-order valence-corrected chi connectivity index (χ0v) is 18.4. The molecule has 5 heteroatoms. The molecule has 0 fully saturated rings. The Morgan fingerprint density at radius 3 is 1.86 bits per heavy atom. The van der Waals surface area contributed by atoms with Gasteiger partial charge in [0.2, 0.25) is 0 Å². The van der Waals surface area contributed by atoms with E-state index in [1.54, 1.807) is 35.8 Å². The van der Waals surface area contributed by atoms with Crippen molar-refractivity contribution in [2.24, 2.45) is 0 Å². The number of benzene rings is 2. The van der Waals surface area contributed by atoms with E-state index in [9.17, 15) is 0 Å². The molecule has 0 saturated carbocycles. The molecule has 0 aliphatic heterocycles. The molecule has 0 aliphatic rings. The highest BCUT2D eigenvalue weighted by atomic mass is 79.9. The molecular weight excluding hydrogens is 448 g/mol.